The number of anilines is 1. The number of hydrogen-bond acceptors (Lipinski definition) is 9. The molecule has 12 nitrogen and oxygen atoms in total. The second kappa shape index (κ2) is 11.9. The van der Waals surface area contributed by atoms with E-state index in [0.29, 0.717) is 55.0 Å². The van der Waals surface area contributed by atoms with E-state index in [1.54, 1.807) is 10.7 Å². The largest absolute Gasteiger partial charge is 0.492 e. The van der Waals surface area contributed by atoms with Crippen LogP contribution in [0.2, 0.25) is 0 Å². The molecule has 8 rings (SSSR count). The molecule has 6 atom stereocenters. The number of aromatic nitrogens is 3. The van der Waals surface area contributed by atoms with Gasteiger partial charge in [-0.2, -0.15) is 10.4 Å². The summed E-state index contributed by atoms with van der Waals surface area (Å²) in [5.41, 5.74) is 2.89. The molecule has 232 valence electrons. The summed E-state index contributed by atoms with van der Waals surface area (Å²) in [6, 6.07) is 8.95. The molecule has 0 aromatic carbocycles. The Balaban J connectivity index is 1.03. The van der Waals surface area contributed by atoms with Crippen molar-refractivity contribution in [2.45, 2.75) is 81.8 Å². The highest BCUT2D eigenvalue weighted by molar-refractivity contribution is 5.85. The SMILES string of the molecule is CC[C@H](CO)NC(=O)N1C2CC1CN(c1ccc(-c3cc(OCCCN4C5CCC4C(O)C5)cn4ncc(C#N)c34)cn1)C2. The van der Waals surface area contributed by atoms with E-state index in [-0.39, 0.29) is 36.9 Å². The van der Waals surface area contributed by atoms with E-state index >= 15 is 0 Å². The first kappa shape index (κ1) is 28.8. The van der Waals surface area contributed by atoms with Gasteiger partial charge in [-0.15, -0.1) is 0 Å². The molecule has 0 saturated carbocycles. The van der Waals surface area contributed by atoms with E-state index in [1.165, 1.54) is 6.42 Å². The Morgan fingerprint density at radius 3 is 2.70 bits per heavy atom. The highest BCUT2D eigenvalue weighted by Crippen LogP contribution is 2.38. The molecule has 5 fully saturated rings. The number of pyridine rings is 2. The molecule has 3 N–H and O–H groups in total. The van der Waals surface area contributed by atoms with Crippen LogP contribution in [0.25, 0.3) is 16.6 Å². The molecule has 5 unspecified atom stereocenters. The van der Waals surface area contributed by atoms with Crippen LogP contribution in [-0.4, -0.2) is 110 Å². The Hall–Kier alpha value is -3.92. The van der Waals surface area contributed by atoms with Crippen LogP contribution in [-0.2, 0) is 0 Å². The van der Waals surface area contributed by atoms with Crippen molar-refractivity contribution in [2.75, 3.05) is 37.7 Å². The van der Waals surface area contributed by atoms with Crippen molar-refractivity contribution in [3.8, 4) is 22.9 Å². The maximum atomic E-state index is 12.8. The molecule has 12 heteroatoms. The monoisotopic (exact) mass is 600 g/mol. The van der Waals surface area contributed by atoms with Crippen molar-refractivity contribution in [3.63, 3.8) is 0 Å². The number of piperazine rings is 1. The molecular formula is C32H40N8O4. The van der Waals surface area contributed by atoms with Crippen LogP contribution in [0, 0.1) is 11.3 Å². The van der Waals surface area contributed by atoms with Gasteiger partial charge >= 0.3 is 6.03 Å². The standard InChI is InChI=1S/C32H40N8O4/c1-2-22(19-41)36-32(43)40-24-10-25(40)17-37(16-24)30-7-4-20(14-34-30)27-12-26(18-39-31(27)21(13-33)15-35-39)44-9-3-8-38-23-5-6-28(38)29(42)11-23/h4,7,12,14-15,18,22-25,28-29,41-42H,2-3,5-6,8-11,16-17,19H2,1H3,(H,36,43)/t22-,23?,24?,25?,28?,29?/m1/s1. The summed E-state index contributed by atoms with van der Waals surface area (Å²) in [7, 11) is 0. The van der Waals surface area contributed by atoms with Gasteiger partial charge in [0.1, 0.15) is 17.6 Å². The van der Waals surface area contributed by atoms with Gasteiger partial charge in [-0.1, -0.05) is 6.92 Å². The van der Waals surface area contributed by atoms with Crippen molar-refractivity contribution in [1.29, 1.82) is 5.26 Å². The molecule has 0 spiro atoms. The van der Waals surface area contributed by atoms with Gasteiger partial charge in [-0.05, 0) is 56.7 Å². The number of nitrogens with zero attached hydrogens (tertiary/aromatic N) is 7. The van der Waals surface area contributed by atoms with E-state index in [0.717, 1.165) is 49.2 Å². The molecule has 3 aromatic heterocycles. The van der Waals surface area contributed by atoms with E-state index in [1.807, 2.05) is 42.4 Å². The third-order valence-corrected chi connectivity index (χ3v) is 10.0. The highest BCUT2D eigenvalue weighted by Gasteiger charge is 2.48. The molecular weight excluding hydrogens is 560 g/mol. The second-order valence-electron chi connectivity index (χ2n) is 12.6. The zero-order chi connectivity index (χ0) is 30.4. The van der Waals surface area contributed by atoms with Crippen LogP contribution in [0.3, 0.4) is 0 Å². The van der Waals surface area contributed by atoms with Gasteiger partial charge in [0, 0.05) is 49.0 Å². The lowest BCUT2D eigenvalue weighted by molar-refractivity contribution is 0.0340. The number of carbonyl (C=O) groups excluding carboxylic acids is 1. The molecule has 5 saturated heterocycles. The summed E-state index contributed by atoms with van der Waals surface area (Å²) in [4.78, 5) is 24.1. The minimum Gasteiger partial charge on any atom is -0.492 e. The van der Waals surface area contributed by atoms with Crippen molar-refractivity contribution in [2.24, 2.45) is 0 Å². The second-order valence-corrected chi connectivity index (χ2v) is 12.6. The first-order chi connectivity index (χ1) is 21.5. The van der Waals surface area contributed by atoms with Gasteiger partial charge in [0.15, 0.2) is 0 Å². The summed E-state index contributed by atoms with van der Waals surface area (Å²) in [5, 5.41) is 36.8. The number of aliphatic hydroxyl groups excluding tert-OH is 2. The Kier molecular flexibility index (Phi) is 7.78. The average Bonchev–Trinajstić information content (AvgIpc) is 3.73. The minimum atomic E-state index is -0.221. The third kappa shape index (κ3) is 5.12. The average molecular weight is 601 g/mol. The van der Waals surface area contributed by atoms with Crippen LogP contribution in [0.4, 0.5) is 10.6 Å². The summed E-state index contributed by atoms with van der Waals surface area (Å²) in [5.74, 6) is 1.53. The Morgan fingerprint density at radius 1 is 1.20 bits per heavy atom. The predicted octanol–water partition coefficient (Wildman–Crippen LogP) is 2.38. The van der Waals surface area contributed by atoms with Crippen molar-refractivity contribution < 1.29 is 19.7 Å². The quantitative estimate of drug-likeness (QED) is 0.299. The van der Waals surface area contributed by atoms with Gasteiger partial charge in [0.05, 0.1) is 60.9 Å². The Bertz CT molecular complexity index is 1540. The van der Waals surface area contributed by atoms with Crippen molar-refractivity contribution >= 4 is 17.4 Å². The van der Waals surface area contributed by atoms with Gasteiger partial charge in [-0.25, -0.2) is 14.3 Å². The molecule has 0 radical (unpaired) electrons. The lowest BCUT2D eigenvalue weighted by Gasteiger charge is -2.56. The number of piperidine rings is 1. The third-order valence-electron chi connectivity index (χ3n) is 10.0. The molecule has 3 aromatic rings. The van der Waals surface area contributed by atoms with E-state index in [4.69, 9.17) is 9.72 Å². The summed E-state index contributed by atoms with van der Waals surface area (Å²) < 4.78 is 7.89. The van der Waals surface area contributed by atoms with Crippen LogP contribution in [0.5, 0.6) is 5.75 Å². The van der Waals surface area contributed by atoms with Gasteiger partial charge < -0.3 is 30.1 Å². The highest BCUT2D eigenvalue weighted by atomic mass is 16.5. The predicted molar refractivity (Wildman–Crippen MR) is 163 cm³/mol. The molecule has 2 amide bonds. The van der Waals surface area contributed by atoms with Crippen LogP contribution in [0.1, 0.15) is 51.0 Å². The fraction of sp³-hybridized carbons (Fsp3) is 0.562. The van der Waals surface area contributed by atoms with Crippen LogP contribution >= 0.6 is 0 Å². The number of fused-ring (bicyclic) bond motifs is 5. The number of nitriles is 1. The smallest absolute Gasteiger partial charge is 0.318 e. The number of ether oxygens (including phenoxy) is 1. The summed E-state index contributed by atoms with van der Waals surface area (Å²) >= 11 is 0. The van der Waals surface area contributed by atoms with E-state index < -0.39 is 0 Å². The van der Waals surface area contributed by atoms with Crippen molar-refractivity contribution in [1.82, 2.24) is 29.7 Å². The lowest BCUT2D eigenvalue weighted by atomic mass is 9.87. The molecule has 4 bridgehead atoms. The normalized spacial score (nSPS) is 26.5. The number of amides is 2. The molecule has 5 aliphatic heterocycles. The number of urea groups is 1. The fourth-order valence-corrected chi connectivity index (χ4v) is 7.72. The topological polar surface area (TPSA) is 142 Å². The first-order valence-electron chi connectivity index (χ1n) is 15.9. The Morgan fingerprint density at radius 2 is 2.05 bits per heavy atom. The molecule has 5 aliphatic rings. The zero-order valence-electron chi connectivity index (χ0n) is 25.0. The van der Waals surface area contributed by atoms with E-state index in [9.17, 15) is 20.3 Å². The molecule has 0 aliphatic carbocycles. The minimum absolute atomic E-state index is 0.0599. The maximum Gasteiger partial charge on any atom is 0.318 e. The lowest BCUT2D eigenvalue weighted by Crippen LogP contribution is -2.72. The molecule has 44 heavy (non-hydrogen) atoms. The summed E-state index contributed by atoms with van der Waals surface area (Å²) in [6.45, 7) is 4.76. The number of rotatable bonds is 10. The number of nitrogens with one attached hydrogen (secondary N) is 1. The number of carbonyl (C=O) groups is 1. The zero-order valence-corrected chi connectivity index (χ0v) is 25.0. The molecule has 8 heterocycles. The number of hydrogen-bond donors (Lipinski definition) is 3. The van der Waals surface area contributed by atoms with Crippen molar-refractivity contribution in [3.05, 3.63) is 42.4 Å². The Labute approximate surface area is 256 Å². The van der Waals surface area contributed by atoms with Gasteiger partial charge in [-0.3, -0.25) is 4.90 Å². The first-order valence-corrected chi connectivity index (χ1v) is 15.9. The fourth-order valence-electron chi connectivity index (χ4n) is 7.72. The summed E-state index contributed by atoms with van der Waals surface area (Å²) in [6.07, 6.45) is 10.7. The maximum absolute atomic E-state index is 12.8. The van der Waals surface area contributed by atoms with E-state index in [2.05, 4.69) is 26.3 Å². The van der Waals surface area contributed by atoms with Crippen LogP contribution in [0.15, 0.2) is 36.8 Å². The van der Waals surface area contributed by atoms with Crippen LogP contribution < -0.4 is 15.0 Å². The van der Waals surface area contributed by atoms with Gasteiger partial charge in [0.2, 0.25) is 0 Å². The van der Waals surface area contributed by atoms with Gasteiger partial charge in [0.25, 0.3) is 0 Å². The number of aliphatic hydroxyl groups is 2.